The van der Waals surface area contributed by atoms with Crippen LogP contribution in [0.5, 0.6) is 5.75 Å². The number of nitrogens with zero attached hydrogens (tertiary/aromatic N) is 1. The third kappa shape index (κ3) is 7.26. The number of hydrogen-bond acceptors (Lipinski definition) is 6. The van der Waals surface area contributed by atoms with E-state index in [2.05, 4.69) is 10.6 Å². The van der Waals surface area contributed by atoms with Crippen LogP contribution >= 0.6 is 0 Å². The van der Waals surface area contributed by atoms with Crippen molar-refractivity contribution in [3.63, 3.8) is 0 Å². The van der Waals surface area contributed by atoms with Gasteiger partial charge in [0.25, 0.3) is 5.91 Å². The molecule has 0 radical (unpaired) electrons. The highest BCUT2D eigenvalue weighted by Gasteiger charge is 2.39. The number of aliphatic hydroxyl groups is 1. The van der Waals surface area contributed by atoms with Gasteiger partial charge in [-0.25, -0.2) is 4.79 Å². The lowest BCUT2D eigenvalue weighted by Crippen LogP contribution is -2.55. The summed E-state index contributed by atoms with van der Waals surface area (Å²) in [6.07, 6.45) is -0.880. The molecule has 0 saturated heterocycles. The van der Waals surface area contributed by atoms with Crippen LogP contribution in [0.3, 0.4) is 0 Å². The standard InChI is InChI=1S/C30H37N3O6/c1-18(2)33(28(37)24(17-34)32-29(38)39-30(4,5)6)25(23-13-9-10-19(3)26(23)35)27(36)31-22-15-14-20-11-7-8-12-21(20)16-22/h7-16,18,24-25,34-35H,17H2,1-6H3,(H,31,36)(H,32,38). The first-order valence-corrected chi connectivity index (χ1v) is 12.8. The Hall–Kier alpha value is -4.11. The minimum absolute atomic E-state index is 0.129. The average molecular weight is 536 g/mol. The number of fused-ring (bicyclic) bond motifs is 1. The van der Waals surface area contributed by atoms with Crippen LogP contribution in [0.25, 0.3) is 10.8 Å². The summed E-state index contributed by atoms with van der Waals surface area (Å²) in [6, 6.07) is 14.9. The number of benzene rings is 3. The van der Waals surface area contributed by atoms with E-state index in [0.717, 1.165) is 10.8 Å². The van der Waals surface area contributed by atoms with Crippen LogP contribution in [-0.2, 0) is 14.3 Å². The number of aryl methyl sites for hydroxylation is 1. The van der Waals surface area contributed by atoms with Crippen LogP contribution in [0.2, 0.25) is 0 Å². The molecule has 3 rings (SSSR count). The summed E-state index contributed by atoms with van der Waals surface area (Å²) in [5.41, 5.74) is 0.431. The van der Waals surface area contributed by atoms with E-state index in [1.807, 2.05) is 36.4 Å². The van der Waals surface area contributed by atoms with Gasteiger partial charge in [0.1, 0.15) is 23.4 Å². The molecule has 0 heterocycles. The van der Waals surface area contributed by atoms with Gasteiger partial charge in [0.2, 0.25) is 5.91 Å². The number of phenols is 1. The highest BCUT2D eigenvalue weighted by Crippen LogP contribution is 2.34. The highest BCUT2D eigenvalue weighted by atomic mass is 16.6. The molecule has 2 atom stereocenters. The first-order chi connectivity index (χ1) is 18.3. The van der Waals surface area contributed by atoms with Crippen LogP contribution in [-0.4, -0.2) is 57.3 Å². The Morgan fingerprint density at radius 3 is 2.26 bits per heavy atom. The summed E-state index contributed by atoms with van der Waals surface area (Å²) in [6.45, 7) is 9.43. The lowest BCUT2D eigenvalue weighted by atomic mass is 9.98. The van der Waals surface area contributed by atoms with Crippen molar-refractivity contribution in [2.75, 3.05) is 11.9 Å². The smallest absolute Gasteiger partial charge is 0.408 e. The number of phenolic OH excluding ortho intramolecular Hbond substituents is 1. The number of nitrogens with one attached hydrogen (secondary N) is 2. The van der Waals surface area contributed by atoms with E-state index in [-0.39, 0.29) is 11.3 Å². The molecule has 3 aromatic rings. The number of aliphatic hydroxyl groups excluding tert-OH is 1. The molecule has 0 spiro atoms. The fraction of sp³-hybridized carbons (Fsp3) is 0.367. The molecular formula is C30H37N3O6. The van der Waals surface area contributed by atoms with Gasteiger partial charge in [-0.3, -0.25) is 9.59 Å². The fourth-order valence-corrected chi connectivity index (χ4v) is 4.29. The molecule has 9 nitrogen and oxygen atoms in total. The molecule has 39 heavy (non-hydrogen) atoms. The lowest BCUT2D eigenvalue weighted by molar-refractivity contribution is -0.143. The molecule has 0 aliphatic rings. The Kier molecular flexibility index (Phi) is 9.19. The largest absolute Gasteiger partial charge is 0.507 e. The van der Waals surface area contributed by atoms with Gasteiger partial charge in [-0.05, 0) is 70.0 Å². The van der Waals surface area contributed by atoms with Crippen molar-refractivity contribution in [2.24, 2.45) is 0 Å². The van der Waals surface area contributed by atoms with Crippen LogP contribution in [0, 0.1) is 6.92 Å². The summed E-state index contributed by atoms with van der Waals surface area (Å²) in [5, 5.41) is 28.2. The molecule has 3 amide bonds. The van der Waals surface area contributed by atoms with E-state index in [1.165, 1.54) is 4.90 Å². The maximum absolute atomic E-state index is 13.9. The van der Waals surface area contributed by atoms with E-state index >= 15 is 0 Å². The summed E-state index contributed by atoms with van der Waals surface area (Å²) >= 11 is 0. The van der Waals surface area contributed by atoms with Crippen LogP contribution in [0.1, 0.15) is 51.8 Å². The molecule has 0 aromatic heterocycles. The molecule has 2 unspecified atom stereocenters. The Morgan fingerprint density at radius 2 is 1.64 bits per heavy atom. The zero-order chi connectivity index (χ0) is 28.9. The maximum Gasteiger partial charge on any atom is 0.408 e. The van der Waals surface area contributed by atoms with Gasteiger partial charge in [0, 0.05) is 17.3 Å². The van der Waals surface area contributed by atoms with Crippen molar-refractivity contribution in [1.29, 1.82) is 0 Å². The number of aromatic hydroxyl groups is 1. The van der Waals surface area contributed by atoms with Crippen molar-refractivity contribution in [3.8, 4) is 5.75 Å². The van der Waals surface area contributed by atoms with Gasteiger partial charge >= 0.3 is 6.09 Å². The Labute approximate surface area is 228 Å². The quantitative estimate of drug-likeness (QED) is 0.332. The second-order valence-corrected chi connectivity index (χ2v) is 10.7. The van der Waals surface area contributed by atoms with Gasteiger partial charge in [-0.15, -0.1) is 0 Å². The molecular weight excluding hydrogens is 498 g/mol. The first-order valence-electron chi connectivity index (χ1n) is 12.8. The van der Waals surface area contributed by atoms with E-state index in [1.54, 1.807) is 65.8 Å². The Morgan fingerprint density at radius 1 is 0.974 bits per heavy atom. The van der Waals surface area contributed by atoms with E-state index in [4.69, 9.17) is 4.74 Å². The van der Waals surface area contributed by atoms with Gasteiger partial charge in [0.15, 0.2) is 0 Å². The number of carbonyl (C=O) groups excluding carboxylic acids is 3. The maximum atomic E-state index is 13.9. The van der Waals surface area contributed by atoms with E-state index in [0.29, 0.717) is 11.3 Å². The number of rotatable bonds is 8. The number of para-hydroxylation sites is 1. The molecule has 4 N–H and O–H groups in total. The van der Waals surface area contributed by atoms with Crippen molar-refractivity contribution < 1.29 is 29.3 Å². The number of anilines is 1. The minimum Gasteiger partial charge on any atom is -0.507 e. The summed E-state index contributed by atoms with van der Waals surface area (Å²) in [7, 11) is 0. The molecule has 208 valence electrons. The molecule has 0 saturated carbocycles. The van der Waals surface area contributed by atoms with Crippen LogP contribution in [0.4, 0.5) is 10.5 Å². The lowest BCUT2D eigenvalue weighted by Gasteiger charge is -2.37. The highest BCUT2D eigenvalue weighted by molar-refractivity contribution is 6.01. The first kappa shape index (κ1) is 29.4. The average Bonchev–Trinajstić information content (AvgIpc) is 2.86. The molecule has 0 fully saturated rings. The Bertz CT molecular complexity index is 1350. The van der Waals surface area contributed by atoms with E-state index < -0.39 is 48.2 Å². The second kappa shape index (κ2) is 12.2. The molecule has 0 aliphatic carbocycles. The third-order valence-electron chi connectivity index (χ3n) is 6.09. The molecule has 0 bridgehead atoms. The normalized spacial score (nSPS) is 13.0. The molecule has 9 heteroatoms. The monoisotopic (exact) mass is 535 g/mol. The summed E-state index contributed by atoms with van der Waals surface area (Å²) < 4.78 is 5.25. The zero-order valence-corrected chi connectivity index (χ0v) is 23.2. The van der Waals surface area contributed by atoms with Gasteiger partial charge < -0.3 is 30.5 Å². The van der Waals surface area contributed by atoms with E-state index in [9.17, 15) is 24.6 Å². The number of amides is 3. The number of alkyl carbamates (subject to hydrolysis) is 1. The molecule has 3 aromatic carbocycles. The van der Waals surface area contributed by atoms with Gasteiger partial charge in [0.05, 0.1) is 6.61 Å². The zero-order valence-electron chi connectivity index (χ0n) is 23.2. The fourth-order valence-electron chi connectivity index (χ4n) is 4.29. The van der Waals surface area contributed by atoms with Crippen molar-refractivity contribution >= 4 is 34.4 Å². The predicted molar refractivity (Wildman–Crippen MR) is 150 cm³/mol. The number of hydrogen-bond donors (Lipinski definition) is 4. The summed E-state index contributed by atoms with van der Waals surface area (Å²) in [4.78, 5) is 41.4. The summed E-state index contributed by atoms with van der Waals surface area (Å²) in [5.74, 6) is -1.41. The third-order valence-corrected chi connectivity index (χ3v) is 6.09. The van der Waals surface area contributed by atoms with Gasteiger partial charge in [-0.2, -0.15) is 0 Å². The number of ether oxygens (including phenoxy) is 1. The van der Waals surface area contributed by atoms with Crippen molar-refractivity contribution in [1.82, 2.24) is 10.2 Å². The number of carbonyl (C=O) groups is 3. The Balaban J connectivity index is 2.02. The topological polar surface area (TPSA) is 128 Å². The second-order valence-electron chi connectivity index (χ2n) is 10.7. The predicted octanol–water partition coefficient (Wildman–Crippen LogP) is 4.66. The van der Waals surface area contributed by atoms with Crippen molar-refractivity contribution in [2.45, 2.75) is 65.3 Å². The van der Waals surface area contributed by atoms with Gasteiger partial charge in [-0.1, -0.05) is 48.5 Å². The van der Waals surface area contributed by atoms with Crippen LogP contribution < -0.4 is 10.6 Å². The molecule has 0 aliphatic heterocycles. The van der Waals surface area contributed by atoms with Crippen LogP contribution in [0.15, 0.2) is 60.7 Å². The minimum atomic E-state index is -1.38. The van der Waals surface area contributed by atoms with Crippen molar-refractivity contribution in [3.05, 3.63) is 71.8 Å². The SMILES string of the molecule is Cc1cccc(C(C(=O)Nc2ccc3ccccc3c2)N(C(=O)C(CO)NC(=O)OC(C)(C)C)C(C)C)c1O.